The molecule has 0 saturated carbocycles. The maximum absolute atomic E-state index is 5.66. The molecule has 0 aromatic carbocycles. The van der Waals surface area contributed by atoms with E-state index in [-0.39, 0.29) is 0 Å². The van der Waals surface area contributed by atoms with Gasteiger partial charge in [-0.3, -0.25) is 0 Å². The van der Waals surface area contributed by atoms with Crippen LogP contribution in [-0.4, -0.2) is 22.4 Å². The molecular weight excluding hydrogens is 154 g/mol. The molecular formula is C8H21NOSi. The van der Waals surface area contributed by atoms with Crippen LogP contribution < -0.4 is 4.98 Å². The summed E-state index contributed by atoms with van der Waals surface area (Å²) in [6, 6.07) is 0. The van der Waals surface area contributed by atoms with Crippen LogP contribution in [0.3, 0.4) is 0 Å². The molecule has 0 aromatic heterocycles. The number of rotatable bonds is 6. The highest BCUT2D eigenvalue weighted by Crippen LogP contribution is 2.11. The molecule has 2 atom stereocenters. The van der Waals surface area contributed by atoms with Gasteiger partial charge in [0, 0.05) is 6.61 Å². The van der Waals surface area contributed by atoms with E-state index >= 15 is 0 Å². The first-order valence-electron chi connectivity index (χ1n) is 4.61. The van der Waals surface area contributed by atoms with Crippen LogP contribution in [0.5, 0.6) is 0 Å². The van der Waals surface area contributed by atoms with Crippen LogP contribution in [0.2, 0.25) is 5.54 Å². The fourth-order valence-electron chi connectivity index (χ4n) is 1.02. The molecule has 0 aliphatic carbocycles. The van der Waals surface area contributed by atoms with Gasteiger partial charge in [0.2, 0.25) is 0 Å². The number of nitrogens with one attached hydrogen (secondary N) is 1. The molecule has 0 aliphatic rings. The highest BCUT2D eigenvalue weighted by atomic mass is 28.3. The van der Waals surface area contributed by atoms with Gasteiger partial charge in [-0.1, -0.05) is 27.2 Å². The summed E-state index contributed by atoms with van der Waals surface area (Å²) in [6.45, 7) is 10.6. The van der Waals surface area contributed by atoms with Crippen molar-refractivity contribution in [1.29, 1.82) is 0 Å². The molecule has 1 N–H and O–H groups in total. The standard InChI is InChI=1S/C8H21NOSi/c1-5-8(4)11(9-6-2)10-7-3/h8-9,11H,5-7H2,1-4H3. The minimum Gasteiger partial charge on any atom is -0.406 e. The fraction of sp³-hybridized carbons (Fsp3) is 1.00. The highest BCUT2D eigenvalue weighted by molar-refractivity contribution is 6.50. The van der Waals surface area contributed by atoms with E-state index in [1.54, 1.807) is 0 Å². The summed E-state index contributed by atoms with van der Waals surface area (Å²) in [7, 11) is -1.08. The van der Waals surface area contributed by atoms with Gasteiger partial charge in [-0.05, 0) is 19.0 Å². The summed E-state index contributed by atoms with van der Waals surface area (Å²) in [5.41, 5.74) is 0.745. The normalized spacial score (nSPS) is 16.4. The van der Waals surface area contributed by atoms with E-state index < -0.39 is 9.20 Å². The third kappa shape index (κ3) is 4.56. The summed E-state index contributed by atoms with van der Waals surface area (Å²) in [6.07, 6.45) is 1.23. The lowest BCUT2D eigenvalue weighted by molar-refractivity contribution is 0.324. The summed E-state index contributed by atoms with van der Waals surface area (Å²) in [5, 5.41) is 0. The van der Waals surface area contributed by atoms with Crippen LogP contribution in [0.25, 0.3) is 0 Å². The Hall–Kier alpha value is 0.137. The first-order valence-corrected chi connectivity index (χ1v) is 6.32. The largest absolute Gasteiger partial charge is 0.406 e. The van der Waals surface area contributed by atoms with Crippen molar-refractivity contribution in [2.24, 2.45) is 0 Å². The predicted molar refractivity (Wildman–Crippen MR) is 52.2 cm³/mol. The second-order valence-corrected chi connectivity index (χ2v) is 5.54. The maximum atomic E-state index is 5.66. The van der Waals surface area contributed by atoms with Crippen LogP contribution >= 0.6 is 0 Å². The smallest absolute Gasteiger partial charge is 0.255 e. The highest BCUT2D eigenvalue weighted by Gasteiger charge is 2.16. The summed E-state index contributed by atoms with van der Waals surface area (Å²) in [5.74, 6) is 0. The summed E-state index contributed by atoms with van der Waals surface area (Å²) in [4.78, 5) is 3.45. The van der Waals surface area contributed by atoms with Gasteiger partial charge in [0.05, 0.1) is 0 Å². The molecule has 0 amide bonds. The second kappa shape index (κ2) is 6.82. The van der Waals surface area contributed by atoms with Crippen molar-refractivity contribution in [2.45, 2.75) is 39.7 Å². The van der Waals surface area contributed by atoms with E-state index in [1.807, 2.05) is 0 Å². The Morgan fingerprint density at radius 1 is 1.36 bits per heavy atom. The van der Waals surface area contributed by atoms with E-state index in [1.165, 1.54) is 6.42 Å². The molecule has 11 heavy (non-hydrogen) atoms. The molecule has 0 spiro atoms. The first kappa shape index (κ1) is 11.1. The van der Waals surface area contributed by atoms with Gasteiger partial charge >= 0.3 is 0 Å². The van der Waals surface area contributed by atoms with Gasteiger partial charge in [-0.2, -0.15) is 0 Å². The van der Waals surface area contributed by atoms with Crippen LogP contribution in [0.4, 0.5) is 0 Å². The van der Waals surface area contributed by atoms with Gasteiger partial charge in [-0.25, -0.2) is 0 Å². The predicted octanol–water partition coefficient (Wildman–Crippen LogP) is 1.65. The zero-order valence-corrected chi connectivity index (χ0v) is 9.34. The molecule has 0 bridgehead atoms. The lowest BCUT2D eigenvalue weighted by atomic mass is 10.4. The monoisotopic (exact) mass is 175 g/mol. The van der Waals surface area contributed by atoms with Crippen molar-refractivity contribution in [1.82, 2.24) is 4.98 Å². The van der Waals surface area contributed by atoms with E-state index in [2.05, 4.69) is 32.7 Å². The zero-order chi connectivity index (χ0) is 8.69. The lowest BCUT2D eigenvalue weighted by Crippen LogP contribution is -2.40. The topological polar surface area (TPSA) is 21.3 Å². The molecule has 0 fully saturated rings. The van der Waals surface area contributed by atoms with Crippen molar-refractivity contribution in [3.8, 4) is 0 Å². The molecule has 0 radical (unpaired) electrons. The summed E-state index contributed by atoms with van der Waals surface area (Å²) >= 11 is 0. The van der Waals surface area contributed by atoms with Crippen molar-refractivity contribution >= 4 is 9.20 Å². The third-order valence-corrected chi connectivity index (χ3v) is 4.92. The van der Waals surface area contributed by atoms with Crippen molar-refractivity contribution in [2.75, 3.05) is 13.2 Å². The zero-order valence-electron chi connectivity index (χ0n) is 8.18. The van der Waals surface area contributed by atoms with Crippen LogP contribution in [-0.2, 0) is 4.43 Å². The van der Waals surface area contributed by atoms with Gasteiger partial charge < -0.3 is 9.41 Å². The summed E-state index contributed by atoms with van der Waals surface area (Å²) < 4.78 is 5.66. The Balaban J connectivity index is 3.66. The van der Waals surface area contributed by atoms with Crippen molar-refractivity contribution in [3.63, 3.8) is 0 Å². The quantitative estimate of drug-likeness (QED) is 0.620. The Kier molecular flexibility index (Phi) is 6.91. The van der Waals surface area contributed by atoms with E-state index in [4.69, 9.17) is 4.43 Å². The van der Waals surface area contributed by atoms with Crippen molar-refractivity contribution < 1.29 is 4.43 Å². The first-order chi connectivity index (χ1) is 5.26. The minimum atomic E-state index is -1.08. The van der Waals surface area contributed by atoms with E-state index in [9.17, 15) is 0 Å². The molecule has 0 heterocycles. The molecule has 2 nitrogen and oxygen atoms in total. The minimum absolute atomic E-state index is 0.745. The van der Waals surface area contributed by atoms with Crippen molar-refractivity contribution in [3.05, 3.63) is 0 Å². The molecule has 68 valence electrons. The SMILES string of the molecule is CCN[SiH](OCC)C(C)CC. The van der Waals surface area contributed by atoms with Gasteiger partial charge in [0.1, 0.15) is 0 Å². The number of hydrogen-bond donors (Lipinski definition) is 1. The molecule has 0 aromatic rings. The third-order valence-electron chi connectivity index (χ3n) is 1.91. The van der Waals surface area contributed by atoms with Crippen LogP contribution in [0.15, 0.2) is 0 Å². The average Bonchev–Trinajstić information content (AvgIpc) is 2.03. The van der Waals surface area contributed by atoms with E-state index in [0.717, 1.165) is 18.7 Å². The Morgan fingerprint density at radius 2 is 2.00 bits per heavy atom. The maximum Gasteiger partial charge on any atom is 0.255 e. The van der Waals surface area contributed by atoms with Gasteiger partial charge in [-0.15, -0.1) is 0 Å². The van der Waals surface area contributed by atoms with Gasteiger partial charge in [0.15, 0.2) is 0 Å². The Bertz CT molecular complexity index is 84.2. The van der Waals surface area contributed by atoms with Crippen LogP contribution in [0.1, 0.15) is 34.1 Å². The fourth-order valence-corrected chi connectivity index (χ4v) is 3.06. The van der Waals surface area contributed by atoms with E-state index in [0.29, 0.717) is 0 Å². The Morgan fingerprint density at radius 3 is 2.36 bits per heavy atom. The van der Waals surface area contributed by atoms with Gasteiger partial charge in [0.25, 0.3) is 9.20 Å². The van der Waals surface area contributed by atoms with Crippen LogP contribution in [0, 0.1) is 0 Å². The molecule has 0 saturated heterocycles. The molecule has 0 aliphatic heterocycles. The number of hydrogen-bond acceptors (Lipinski definition) is 2. The average molecular weight is 175 g/mol. The lowest BCUT2D eigenvalue weighted by Gasteiger charge is -2.20. The second-order valence-electron chi connectivity index (χ2n) is 2.82. The molecule has 2 unspecified atom stereocenters. The Labute approximate surface area is 72.1 Å². The molecule has 3 heteroatoms. The molecule has 0 rings (SSSR count).